The van der Waals surface area contributed by atoms with Gasteiger partial charge in [-0.3, -0.25) is 4.79 Å². The van der Waals surface area contributed by atoms with Crippen LogP contribution in [0.2, 0.25) is 0 Å². The van der Waals surface area contributed by atoms with Gasteiger partial charge in [-0.25, -0.2) is 9.97 Å². The molecule has 0 bridgehead atoms. The first kappa shape index (κ1) is 13.7. The Morgan fingerprint density at radius 1 is 1.47 bits per heavy atom. The second-order valence-electron chi connectivity index (χ2n) is 4.85. The Hall–Kier alpha value is -1.69. The molecule has 2 rings (SSSR count). The fourth-order valence-electron chi connectivity index (χ4n) is 2.19. The summed E-state index contributed by atoms with van der Waals surface area (Å²) in [5.41, 5.74) is 0. The Morgan fingerprint density at radius 3 is 2.89 bits per heavy atom. The molecule has 1 aliphatic heterocycles. The summed E-state index contributed by atoms with van der Waals surface area (Å²) in [6, 6.07) is 1.81. The molecule has 1 amide bonds. The molecule has 0 aliphatic carbocycles. The number of hydrogen-bond acceptors (Lipinski definition) is 5. The first-order chi connectivity index (χ1) is 9.20. The molecule has 104 valence electrons. The lowest BCUT2D eigenvalue weighted by Crippen LogP contribution is -2.52. The molecule has 1 aromatic rings. The number of hydrogen-bond donors (Lipinski definition) is 2. The Balaban J connectivity index is 1.92. The molecule has 0 spiro atoms. The average Bonchev–Trinajstić information content (AvgIpc) is 2.47. The molecule has 2 heterocycles. The minimum Gasteiger partial charge on any atom is -0.350 e. The summed E-state index contributed by atoms with van der Waals surface area (Å²) >= 11 is 0. The number of carbonyl (C=O) groups is 1. The molecule has 19 heavy (non-hydrogen) atoms. The molecule has 0 saturated carbocycles. The van der Waals surface area contributed by atoms with Gasteiger partial charge in [0.1, 0.15) is 0 Å². The predicted molar refractivity (Wildman–Crippen MR) is 73.9 cm³/mol. The molecule has 6 nitrogen and oxygen atoms in total. The van der Waals surface area contributed by atoms with E-state index in [4.69, 9.17) is 0 Å². The second-order valence-corrected chi connectivity index (χ2v) is 4.85. The number of piperidine rings is 1. The summed E-state index contributed by atoms with van der Waals surface area (Å²) < 4.78 is 0. The van der Waals surface area contributed by atoms with Crippen LogP contribution >= 0.6 is 0 Å². The third-order valence-corrected chi connectivity index (χ3v) is 3.43. The zero-order chi connectivity index (χ0) is 13.7. The molecule has 0 radical (unpaired) electrons. The average molecular weight is 263 g/mol. The van der Waals surface area contributed by atoms with Gasteiger partial charge in [0.05, 0.1) is 6.04 Å². The van der Waals surface area contributed by atoms with Crippen LogP contribution in [0.3, 0.4) is 0 Å². The van der Waals surface area contributed by atoms with E-state index in [1.807, 2.05) is 6.92 Å². The van der Waals surface area contributed by atoms with Crippen LogP contribution in [0.4, 0.5) is 5.95 Å². The van der Waals surface area contributed by atoms with Crippen LogP contribution in [-0.4, -0.2) is 48.1 Å². The van der Waals surface area contributed by atoms with E-state index in [2.05, 4.69) is 25.5 Å². The van der Waals surface area contributed by atoms with Crippen LogP contribution in [0.1, 0.15) is 19.8 Å². The predicted octanol–water partition coefficient (Wildman–Crippen LogP) is 0.170. The summed E-state index contributed by atoms with van der Waals surface area (Å²) in [6.07, 6.45) is 5.53. The van der Waals surface area contributed by atoms with Gasteiger partial charge in [0, 0.05) is 31.5 Å². The molecule has 2 unspecified atom stereocenters. The quantitative estimate of drug-likeness (QED) is 0.810. The molecule has 2 N–H and O–H groups in total. The summed E-state index contributed by atoms with van der Waals surface area (Å²) in [7, 11) is 1.79. The monoisotopic (exact) mass is 263 g/mol. The SMILES string of the molecule is CNC(C)C(=O)NC1CCCN(c2ncccn2)C1. The maximum atomic E-state index is 11.9. The first-order valence-electron chi connectivity index (χ1n) is 6.70. The van der Waals surface area contributed by atoms with E-state index in [1.54, 1.807) is 25.5 Å². The largest absolute Gasteiger partial charge is 0.350 e. The van der Waals surface area contributed by atoms with Crippen molar-refractivity contribution < 1.29 is 4.79 Å². The van der Waals surface area contributed by atoms with Crippen molar-refractivity contribution >= 4 is 11.9 Å². The highest BCUT2D eigenvalue weighted by Crippen LogP contribution is 2.15. The molecule has 1 fully saturated rings. The summed E-state index contributed by atoms with van der Waals surface area (Å²) in [6.45, 7) is 3.57. The van der Waals surface area contributed by atoms with Gasteiger partial charge in [0.15, 0.2) is 0 Å². The smallest absolute Gasteiger partial charge is 0.237 e. The number of anilines is 1. The van der Waals surface area contributed by atoms with Gasteiger partial charge in [-0.05, 0) is 32.9 Å². The Morgan fingerprint density at radius 2 is 2.21 bits per heavy atom. The second kappa shape index (κ2) is 6.47. The number of aromatic nitrogens is 2. The van der Waals surface area contributed by atoms with Crippen molar-refractivity contribution in [2.75, 3.05) is 25.0 Å². The van der Waals surface area contributed by atoms with Crippen LogP contribution in [0.15, 0.2) is 18.5 Å². The maximum Gasteiger partial charge on any atom is 0.237 e. The minimum atomic E-state index is -0.164. The summed E-state index contributed by atoms with van der Waals surface area (Å²) in [5.74, 6) is 0.784. The van der Waals surface area contributed by atoms with Gasteiger partial charge in [-0.15, -0.1) is 0 Å². The number of rotatable bonds is 4. The van der Waals surface area contributed by atoms with Gasteiger partial charge < -0.3 is 15.5 Å². The highest BCUT2D eigenvalue weighted by molar-refractivity contribution is 5.81. The number of likely N-dealkylation sites (N-methyl/N-ethyl adjacent to an activating group) is 1. The Kier molecular flexibility index (Phi) is 4.68. The minimum absolute atomic E-state index is 0.0448. The summed E-state index contributed by atoms with van der Waals surface area (Å²) in [5, 5.41) is 6.02. The lowest BCUT2D eigenvalue weighted by molar-refractivity contribution is -0.123. The van der Waals surface area contributed by atoms with Crippen molar-refractivity contribution in [3.8, 4) is 0 Å². The van der Waals surface area contributed by atoms with Crippen LogP contribution < -0.4 is 15.5 Å². The van der Waals surface area contributed by atoms with Crippen molar-refractivity contribution in [3.05, 3.63) is 18.5 Å². The van der Waals surface area contributed by atoms with E-state index in [1.165, 1.54) is 0 Å². The van der Waals surface area contributed by atoms with Crippen molar-refractivity contribution in [2.45, 2.75) is 31.8 Å². The van der Waals surface area contributed by atoms with Gasteiger partial charge in [-0.2, -0.15) is 0 Å². The third-order valence-electron chi connectivity index (χ3n) is 3.43. The Labute approximate surface area is 113 Å². The van der Waals surface area contributed by atoms with Gasteiger partial charge in [0.25, 0.3) is 0 Å². The van der Waals surface area contributed by atoms with E-state index in [9.17, 15) is 4.79 Å². The molecule has 1 aromatic heterocycles. The van der Waals surface area contributed by atoms with Crippen molar-refractivity contribution in [1.29, 1.82) is 0 Å². The molecular weight excluding hydrogens is 242 g/mol. The lowest BCUT2D eigenvalue weighted by atomic mass is 10.1. The molecule has 0 aromatic carbocycles. The van der Waals surface area contributed by atoms with Crippen molar-refractivity contribution in [3.63, 3.8) is 0 Å². The van der Waals surface area contributed by atoms with Gasteiger partial charge in [-0.1, -0.05) is 0 Å². The number of carbonyl (C=O) groups excluding carboxylic acids is 1. The van der Waals surface area contributed by atoms with Crippen LogP contribution in [0.5, 0.6) is 0 Å². The first-order valence-corrected chi connectivity index (χ1v) is 6.70. The highest BCUT2D eigenvalue weighted by Gasteiger charge is 2.24. The number of amides is 1. The normalized spacial score (nSPS) is 20.9. The zero-order valence-electron chi connectivity index (χ0n) is 11.5. The fourth-order valence-corrected chi connectivity index (χ4v) is 2.19. The number of nitrogens with zero attached hydrogens (tertiary/aromatic N) is 3. The van der Waals surface area contributed by atoms with Crippen molar-refractivity contribution in [2.24, 2.45) is 0 Å². The fraction of sp³-hybridized carbons (Fsp3) is 0.615. The zero-order valence-corrected chi connectivity index (χ0v) is 11.5. The highest BCUT2D eigenvalue weighted by atomic mass is 16.2. The molecular formula is C13H21N5O. The lowest BCUT2D eigenvalue weighted by Gasteiger charge is -2.33. The Bertz CT molecular complexity index is 411. The van der Waals surface area contributed by atoms with Gasteiger partial charge >= 0.3 is 0 Å². The molecule has 1 aliphatic rings. The summed E-state index contributed by atoms with van der Waals surface area (Å²) in [4.78, 5) is 22.5. The standard InChI is InChI=1S/C13H21N5O/c1-10(14-2)12(19)17-11-5-3-8-18(9-11)13-15-6-4-7-16-13/h4,6-7,10-11,14H,3,5,8-9H2,1-2H3,(H,17,19). The van der Waals surface area contributed by atoms with E-state index in [0.717, 1.165) is 31.9 Å². The van der Waals surface area contributed by atoms with E-state index in [-0.39, 0.29) is 18.0 Å². The van der Waals surface area contributed by atoms with E-state index < -0.39 is 0 Å². The maximum absolute atomic E-state index is 11.9. The van der Waals surface area contributed by atoms with Crippen LogP contribution in [0.25, 0.3) is 0 Å². The molecule has 1 saturated heterocycles. The molecule has 2 atom stereocenters. The van der Waals surface area contributed by atoms with Crippen molar-refractivity contribution in [1.82, 2.24) is 20.6 Å². The van der Waals surface area contributed by atoms with Crippen LogP contribution in [0, 0.1) is 0 Å². The van der Waals surface area contributed by atoms with E-state index >= 15 is 0 Å². The third kappa shape index (κ3) is 3.64. The molecule has 6 heteroatoms. The van der Waals surface area contributed by atoms with E-state index in [0.29, 0.717) is 0 Å². The van der Waals surface area contributed by atoms with Crippen LogP contribution in [-0.2, 0) is 4.79 Å². The number of nitrogens with one attached hydrogen (secondary N) is 2. The topological polar surface area (TPSA) is 70.2 Å². The van der Waals surface area contributed by atoms with Gasteiger partial charge in [0.2, 0.25) is 11.9 Å².